The van der Waals surface area contributed by atoms with E-state index >= 15 is 0 Å². The molecular formula is C17H17N5O2. The number of nitrogens with one attached hydrogen (secondary N) is 1. The Labute approximate surface area is 138 Å². The molecule has 122 valence electrons. The molecule has 7 nitrogen and oxygen atoms in total. The molecule has 2 aromatic heterocycles. The molecule has 0 saturated heterocycles. The van der Waals surface area contributed by atoms with Crippen LogP contribution in [0.15, 0.2) is 42.7 Å². The van der Waals surface area contributed by atoms with Gasteiger partial charge in [-0.1, -0.05) is 30.3 Å². The predicted molar refractivity (Wildman–Crippen MR) is 86.6 cm³/mol. The van der Waals surface area contributed by atoms with Crippen LogP contribution >= 0.6 is 0 Å². The fraction of sp³-hybridized carbons (Fsp3) is 0.294. The van der Waals surface area contributed by atoms with Gasteiger partial charge in [-0.3, -0.25) is 4.79 Å². The molecule has 1 saturated carbocycles. The maximum atomic E-state index is 12.3. The van der Waals surface area contributed by atoms with Gasteiger partial charge in [0.1, 0.15) is 0 Å². The summed E-state index contributed by atoms with van der Waals surface area (Å²) < 4.78 is 1.47. The highest BCUT2D eigenvalue weighted by Crippen LogP contribution is 2.40. The first-order valence-corrected chi connectivity index (χ1v) is 7.92. The molecule has 2 heterocycles. The first kappa shape index (κ1) is 14.8. The number of amides is 1. The second-order valence-corrected chi connectivity index (χ2v) is 5.95. The maximum absolute atomic E-state index is 12.3. The quantitative estimate of drug-likeness (QED) is 0.729. The molecule has 3 aromatic rings. The third-order valence-corrected chi connectivity index (χ3v) is 4.19. The molecule has 2 N–H and O–H groups in total. The summed E-state index contributed by atoms with van der Waals surface area (Å²) in [6.07, 6.45) is 4.79. The Morgan fingerprint density at radius 1 is 1.33 bits per heavy atom. The van der Waals surface area contributed by atoms with E-state index in [1.165, 1.54) is 10.1 Å². The Kier molecular flexibility index (Phi) is 3.70. The van der Waals surface area contributed by atoms with Crippen LogP contribution in [0.1, 0.15) is 34.1 Å². The molecule has 0 spiro atoms. The number of fused-ring (bicyclic) bond motifs is 1. The molecule has 0 radical (unpaired) electrons. The number of aliphatic hydroxyl groups is 1. The summed E-state index contributed by atoms with van der Waals surface area (Å²) in [5.41, 5.74) is 2.08. The average Bonchev–Trinajstić information content (AvgIpc) is 3.23. The maximum Gasteiger partial charge on any atom is 0.291 e. The van der Waals surface area contributed by atoms with Gasteiger partial charge < -0.3 is 10.4 Å². The third-order valence-electron chi connectivity index (χ3n) is 4.19. The van der Waals surface area contributed by atoms with Gasteiger partial charge in [0.2, 0.25) is 5.82 Å². The zero-order chi connectivity index (χ0) is 16.5. The Hall–Kier alpha value is -2.80. The summed E-state index contributed by atoms with van der Waals surface area (Å²) in [6, 6.07) is 10.3. The fourth-order valence-corrected chi connectivity index (χ4v) is 2.83. The van der Waals surface area contributed by atoms with E-state index in [0.717, 1.165) is 12.0 Å². The molecule has 7 heteroatoms. The Morgan fingerprint density at radius 2 is 2.17 bits per heavy atom. The number of aromatic nitrogens is 4. The average molecular weight is 323 g/mol. The minimum Gasteiger partial charge on any atom is -0.396 e. The van der Waals surface area contributed by atoms with E-state index in [0.29, 0.717) is 18.1 Å². The number of benzene rings is 1. The van der Waals surface area contributed by atoms with E-state index < -0.39 is 0 Å². The molecule has 1 amide bonds. The van der Waals surface area contributed by atoms with Crippen LogP contribution in [0.25, 0.3) is 5.78 Å². The van der Waals surface area contributed by atoms with Gasteiger partial charge in [-0.2, -0.15) is 4.98 Å². The van der Waals surface area contributed by atoms with Crippen molar-refractivity contribution in [3.63, 3.8) is 0 Å². The normalized spacial score (nSPS) is 19.4. The van der Waals surface area contributed by atoms with Crippen LogP contribution in [0.3, 0.4) is 0 Å². The van der Waals surface area contributed by atoms with E-state index in [1.807, 2.05) is 18.2 Å². The zero-order valence-corrected chi connectivity index (χ0v) is 13.0. The standard InChI is InChI=1S/C17H17N5O2/c23-7-6-11-9-18-17-20-15(21-22(17)10-11)16(24)19-14-8-13(14)12-4-2-1-3-5-12/h1-5,9-10,13-14,23H,6-8H2,(H,19,24)/t13-,14+/m0/s1. The van der Waals surface area contributed by atoms with E-state index in [4.69, 9.17) is 5.11 Å². The van der Waals surface area contributed by atoms with Crippen molar-refractivity contribution in [3.05, 3.63) is 59.7 Å². The molecule has 1 fully saturated rings. The van der Waals surface area contributed by atoms with Gasteiger partial charge in [-0.25, -0.2) is 9.50 Å². The predicted octanol–water partition coefficient (Wildman–Crippen LogP) is 0.945. The fourth-order valence-electron chi connectivity index (χ4n) is 2.83. The van der Waals surface area contributed by atoms with Crippen molar-refractivity contribution >= 4 is 11.7 Å². The molecule has 1 aliphatic rings. The summed E-state index contributed by atoms with van der Waals surface area (Å²) in [5, 5.41) is 16.1. The van der Waals surface area contributed by atoms with E-state index in [-0.39, 0.29) is 24.4 Å². The third kappa shape index (κ3) is 2.85. The molecule has 1 aromatic carbocycles. The van der Waals surface area contributed by atoms with Crippen molar-refractivity contribution in [3.8, 4) is 0 Å². The van der Waals surface area contributed by atoms with Crippen LogP contribution in [0.2, 0.25) is 0 Å². The first-order chi connectivity index (χ1) is 11.7. The largest absolute Gasteiger partial charge is 0.396 e. The number of hydrogen-bond acceptors (Lipinski definition) is 5. The number of nitrogens with zero attached hydrogens (tertiary/aromatic N) is 4. The van der Waals surface area contributed by atoms with Crippen LogP contribution in [0.5, 0.6) is 0 Å². The molecular weight excluding hydrogens is 306 g/mol. The molecule has 4 rings (SSSR count). The van der Waals surface area contributed by atoms with Crippen molar-refractivity contribution in [1.82, 2.24) is 24.9 Å². The Balaban J connectivity index is 1.46. The number of aliphatic hydroxyl groups excluding tert-OH is 1. The van der Waals surface area contributed by atoms with Gasteiger partial charge in [-0.15, -0.1) is 5.10 Å². The van der Waals surface area contributed by atoms with Gasteiger partial charge in [0.15, 0.2) is 0 Å². The van der Waals surface area contributed by atoms with Crippen LogP contribution in [-0.2, 0) is 6.42 Å². The van der Waals surface area contributed by atoms with Crippen LogP contribution in [0, 0.1) is 0 Å². The smallest absolute Gasteiger partial charge is 0.291 e. The summed E-state index contributed by atoms with van der Waals surface area (Å²) in [4.78, 5) is 20.7. The lowest BCUT2D eigenvalue weighted by molar-refractivity contribution is 0.0940. The SMILES string of the molecule is O=C(N[C@@H]1C[C@H]1c1ccccc1)c1nc2ncc(CCO)cn2n1. The molecule has 0 unspecified atom stereocenters. The second-order valence-electron chi connectivity index (χ2n) is 5.95. The van der Waals surface area contributed by atoms with Crippen molar-refractivity contribution in [2.75, 3.05) is 6.61 Å². The van der Waals surface area contributed by atoms with Crippen molar-refractivity contribution in [2.45, 2.75) is 24.8 Å². The number of rotatable bonds is 5. The number of carbonyl (C=O) groups excluding carboxylic acids is 1. The van der Waals surface area contributed by atoms with Crippen LogP contribution in [-0.4, -0.2) is 43.2 Å². The lowest BCUT2D eigenvalue weighted by Crippen LogP contribution is -2.27. The summed E-state index contributed by atoms with van der Waals surface area (Å²) in [7, 11) is 0. The molecule has 0 bridgehead atoms. The molecule has 0 aliphatic heterocycles. The number of hydrogen-bond donors (Lipinski definition) is 2. The van der Waals surface area contributed by atoms with Crippen molar-refractivity contribution < 1.29 is 9.90 Å². The lowest BCUT2D eigenvalue weighted by atomic mass is 10.1. The molecule has 1 aliphatic carbocycles. The first-order valence-electron chi connectivity index (χ1n) is 7.92. The van der Waals surface area contributed by atoms with Gasteiger partial charge in [0.05, 0.1) is 0 Å². The number of carbonyl (C=O) groups is 1. The second kappa shape index (κ2) is 6.01. The topological polar surface area (TPSA) is 92.4 Å². The van der Waals surface area contributed by atoms with Gasteiger partial charge in [-0.05, 0) is 24.0 Å². The summed E-state index contributed by atoms with van der Waals surface area (Å²) >= 11 is 0. The Morgan fingerprint density at radius 3 is 2.96 bits per heavy atom. The van der Waals surface area contributed by atoms with Crippen molar-refractivity contribution in [1.29, 1.82) is 0 Å². The van der Waals surface area contributed by atoms with Gasteiger partial charge in [0, 0.05) is 31.0 Å². The van der Waals surface area contributed by atoms with Crippen molar-refractivity contribution in [2.24, 2.45) is 0 Å². The van der Waals surface area contributed by atoms with E-state index in [9.17, 15) is 4.79 Å². The summed E-state index contributed by atoms with van der Waals surface area (Å²) in [6.45, 7) is 0.0395. The zero-order valence-electron chi connectivity index (χ0n) is 13.0. The lowest BCUT2D eigenvalue weighted by Gasteiger charge is -2.01. The highest BCUT2D eigenvalue weighted by molar-refractivity contribution is 5.91. The van der Waals surface area contributed by atoms with Crippen LogP contribution in [0.4, 0.5) is 0 Å². The van der Waals surface area contributed by atoms with Crippen LogP contribution < -0.4 is 5.32 Å². The van der Waals surface area contributed by atoms with E-state index in [1.54, 1.807) is 12.4 Å². The highest BCUT2D eigenvalue weighted by Gasteiger charge is 2.40. The minimum atomic E-state index is -0.285. The van der Waals surface area contributed by atoms with E-state index in [2.05, 4.69) is 32.5 Å². The summed E-state index contributed by atoms with van der Waals surface area (Å²) in [5.74, 6) is 0.564. The monoisotopic (exact) mass is 323 g/mol. The Bertz CT molecular complexity index is 877. The molecule has 2 atom stereocenters. The highest BCUT2D eigenvalue weighted by atomic mass is 16.3. The molecule has 24 heavy (non-hydrogen) atoms. The van der Waals surface area contributed by atoms with Gasteiger partial charge in [0.25, 0.3) is 11.7 Å². The minimum absolute atomic E-state index is 0.0395. The van der Waals surface area contributed by atoms with Gasteiger partial charge >= 0.3 is 0 Å².